The van der Waals surface area contributed by atoms with Crippen LogP contribution in [0.5, 0.6) is 0 Å². The van der Waals surface area contributed by atoms with Crippen molar-refractivity contribution in [2.75, 3.05) is 0 Å². The van der Waals surface area contributed by atoms with Crippen molar-refractivity contribution in [3.63, 3.8) is 0 Å². The van der Waals surface area contributed by atoms with E-state index in [1.54, 1.807) is 0 Å². The quantitative estimate of drug-likeness (QED) is 0.244. The summed E-state index contributed by atoms with van der Waals surface area (Å²) in [6.45, 7) is 2.24. The Bertz CT molecular complexity index is 389. The smallest absolute Gasteiger partial charge is 0.303 e. The molecule has 2 heteroatoms. The van der Waals surface area contributed by atoms with Gasteiger partial charge in [0.25, 0.3) is 0 Å². The van der Waals surface area contributed by atoms with Gasteiger partial charge in [0.2, 0.25) is 0 Å². The second-order valence-corrected chi connectivity index (χ2v) is 6.08. The predicted octanol–water partition coefficient (Wildman–Crippen LogP) is 7.00. The Morgan fingerprint density at radius 3 is 1.58 bits per heavy atom. The maximum absolute atomic E-state index is 10.4. The van der Waals surface area contributed by atoms with Crippen molar-refractivity contribution in [3.8, 4) is 0 Å². The van der Waals surface area contributed by atoms with Crippen LogP contribution in [0.2, 0.25) is 0 Å². The number of carbonyl (C=O) groups is 1. The van der Waals surface area contributed by atoms with Gasteiger partial charge in [0, 0.05) is 6.42 Å². The van der Waals surface area contributed by atoms with Crippen molar-refractivity contribution in [1.82, 2.24) is 0 Å². The van der Waals surface area contributed by atoms with Crippen molar-refractivity contribution in [2.24, 2.45) is 0 Å². The normalized spacial score (nSPS) is 12.4. The van der Waals surface area contributed by atoms with Gasteiger partial charge >= 0.3 is 5.97 Å². The Balaban J connectivity index is 3.37. The molecule has 0 fully saturated rings. The largest absolute Gasteiger partial charge is 0.481 e. The molecule has 0 aliphatic heterocycles. The van der Waals surface area contributed by atoms with Crippen LogP contribution in [0.1, 0.15) is 84.0 Å². The van der Waals surface area contributed by atoms with Gasteiger partial charge in [-0.05, 0) is 51.4 Å². The summed E-state index contributed by atoms with van der Waals surface area (Å²) in [6.07, 6.45) is 30.2. The highest BCUT2D eigenvalue weighted by molar-refractivity contribution is 5.66. The molecule has 0 aliphatic carbocycles. The van der Waals surface area contributed by atoms with E-state index in [1.165, 1.54) is 25.7 Å². The molecule has 0 atom stereocenters. The van der Waals surface area contributed by atoms with Gasteiger partial charge in [0.15, 0.2) is 0 Å². The number of carboxylic acids is 1. The molecule has 0 heterocycles. The summed E-state index contributed by atoms with van der Waals surface area (Å²) < 4.78 is 0. The minimum Gasteiger partial charge on any atom is -0.481 e. The standard InChI is InChI=1S/C22H36O2/c1-2-3-4-5-6-7-8-9-10-11-12-13-14-15-16-17-18-19-20-21-22(23)24/h6-7,9-10,12-13,15-16H,2-5,8,11,14,17-21H2,1H3,(H,23,24)/b7-6-,10-9-,13-12+,16-15+. The highest BCUT2D eigenvalue weighted by atomic mass is 16.4. The Kier molecular flexibility index (Phi) is 18.2. The monoisotopic (exact) mass is 332 g/mol. The lowest BCUT2D eigenvalue weighted by atomic mass is 10.1. The van der Waals surface area contributed by atoms with Gasteiger partial charge in [0.1, 0.15) is 0 Å². The van der Waals surface area contributed by atoms with Gasteiger partial charge in [-0.1, -0.05) is 74.8 Å². The molecule has 0 amide bonds. The van der Waals surface area contributed by atoms with Crippen molar-refractivity contribution in [1.29, 1.82) is 0 Å². The van der Waals surface area contributed by atoms with Crippen LogP contribution < -0.4 is 0 Å². The third-order valence-corrected chi connectivity index (χ3v) is 3.72. The first-order valence-corrected chi connectivity index (χ1v) is 9.59. The molecule has 1 N–H and O–H groups in total. The van der Waals surface area contributed by atoms with Crippen LogP contribution in [-0.2, 0) is 4.79 Å². The topological polar surface area (TPSA) is 37.3 Å². The second-order valence-electron chi connectivity index (χ2n) is 6.08. The molecule has 24 heavy (non-hydrogen) atoms. The number of hydrogen-bond acceptors (Lipinski definition) is 1. The summed E-state index contributed by atoms with van der Waals surface area (Å²) in [7, 11) is 0. The highest BCUT2D eigenvalue weighted by Crippen LogP contribution is 2.04. The molecule has 0 saturated heterocycles. The molecule has 0 spiro atoms. The summed E-state index contributed by atoms with van der Waals surface area (Å²) in [5.41, 5.74) is 0. The number of allylic oxidation sites excluding steroid dienone is 8. The average molecular weight is 333 g/mol. The predicted molar refractivity (Wildman–Crippen MR) is 105 cm³/mol. The van der Waals surface area contributed by atoms with Crippen molar-refractivity contribution >= 4 is 5.97 Å². The summed E-state index contributed by atoms with van der Waals surface area (Å²) in [6, 6.07) is 0. The van der Waals surface area contributed by atoms with Gasteiger partial charge in [0.05, 0.1) is 0 Å². The Morgan fingerprint density at radius 2 is 1.12 bits per heavy atom. The fourth-order valence-corrected chi connectivity index (χ4v) is 2.28. The molecule has 0 rings (SSSR count). The fraction of sp³-hybridized carbons (Fsp3) is 0.591. The lowest BCUT2D eigenvalue weighted by Crippen LogP contribution is -1.93. The van der Waals surface area contributed by atoms with Gasteiger partial charge in [-0.25, -0.2) is 0 Å². The van der Waals surface area contributed by atoms with Gasteiger partial charge in [-0.3, -0.25) is 4.79 Å². The second kappa shape index (κ2) is 19.5. The first kappa shape index (κ1) is 22.4. The van der Waals surface area contributed by atoms with E-state index in [4.69, 9.17) is 5.11 Å². The zero-order valence-corrected chi connectivity index (χ0v) is 15.5. The van der Waals surface area contributed by atoms with Crippen LogP contribution in [0, 0.1) is 0 Å². The number of carboxylic acid groups (broad SMARTS) is 1. The third kappa shape index (κ3) is 20.4. The van der Waals surface area contributed by atoms with Crippen LogP contribution in [0.15, 0.2) is 48.6 Å². The zero-order valence-electron chi connectivity index (χ0n) is 15.5. The van der Waals surface area contributed by atoms with E-state index in [9.17, 15) is 4.79 Å². The van der Waals surface area contributed by atoms with E-state index >= 15 is 0 Å². The molecule has 0 aromatic rings. The van der Waals surface area contributed by atoms with E-state index in [1.807, 2.05) is 0 Å². The molecule has 0 aromatic heterocycles. The molecule has 0 aromatic carbocycles. The van der Waals surface area contributed by atoms with Crippen molar-refractivity contribution in [2.45, 2.75) is 84.0 Å². The first-order chi connectivity index (χ1) is 11.8. The van der Waals surface area contributed by atoms with Crippen LogP contribution in [0.4, 0.5) is 0 Å². The number of hydrogen-bond donors (Lipinski definition) is 1. The summed E-state index contributed by atoms with van der Waals surface area (Å²) in [4.78, 5) is 10.4. The van der Waals surface area contributed by atoms with E-state index in [0.29, 0.717) is 6.42 Å². The molecular weight excluding hydrogens is 296 g/mol. The summed E-state index contributed by atoms with van der Waals surface area (Å²) in [5.74, 6) is -0.687. The minimum atomic E-state index is -0.687. The Labute approximate surface area is 149 Å². The molecule has 0 unspecified atom stereocenters. The van der Waals surface area contributed by atoms with Crippen LogP contribution in [0.3, 0.4) is 0 Å². The van der Waals surface area contributed by atoms with Crippen LogP contribution in [-0.4, -0.2) is 11.1 Å². The average Bonchev–Trinajstić information content (AvgIpc) is 2.56. The highest BCUT2D eigenvalue weighted by Gasteiger charge is 1.94. The minimum absolute atomic E-state index is 0.300. The zero-order chi connectivity index (χ0) is 17.7. The maximum Gasteiger partial charge on any atom is 0.303 e. The number of unbranched alkanes of at least 4 members (excludes halogenated alkanes) is 6. The SMILES string of the molecule is CCCCC/C=C\C/C=C\C/C=C/C/C=C/CCCCCC(=O)O. The van der Waals surface area contributed by atoms with Crippen molar-refractivity contribution in [3.05, 3.63) is 48.6 Å². The number of rotatable bonds is 16. The molecule has 0 aliphatic rings. The molecule has 0 radical (unpaired) electrons. The molecule has 0 saturated carbocycles. The van der Waals surface area contributed by atoms with Gasteiger partial charge < -0.3 is 5.11 Å². The lowest BCUT2D eigenvalue weighted by molar-refractivity contribution is -0.137. The number of aliphatic carboxylic acids is 1. The van der Waals surface area contributed by atoms with E-state index in [-0.39, 0.29) is 0 Å². The maximum atomic E-state index is 10.4. The van der Waals surface area contributed by atoms with E-state index in [2.05, 4.69) is 55.5 Å². The molecule has 136 valence electrons. The fourth-order valence-electron chi connectivity index (χ4n) is 2.28. The van der Waals surface area contributed by atoms with Crippen LogP contribution in [0.25, 0.3) is 0 Å². The lowest BCUT2D eigenvalue weighted by Gasteiger charge is -1.94. The molecular formula is C22H36O2. The first-order valence-electron chi connectivity index (χ1n) is 9.59. The van der Waals surface area contributed by atoms with Crippen LogP contribution >= 0.6 is 0 Å². The van der Waals surface area contributed by atoms with Gasteiger partial charge in [-0.2, -0.15) is 0 Å². The third-order valence-electron chi connectivity index (χ3n) is 3.72. The van der Waals surface area contributed by atoms with E-state index in [0.717, 1.165) is 44.9 Å². The molecule has 0 bridgehead atoms. The van der Waals surface area contributed by atoms with Gasteiger partial charge in [-0.15, -0.1) is 0 Å². The van der Waals surface area contributed by atoms with E-state index < -0.39 is 5.97 Å². The Hall–Kier alpha value is -1.57. The summed E-state index contributed by atoms with van der Waals surface area (Å²) in [5, 5.41) is 8.53. The van der Waals surface area contributed by atoms with Crippen molar-refractivity contribution < 1.29 is 9.90 Å². The Morgan fingerprint density at radius 1 is 0.667 bits per heavy atom. The summed E-state index contributed by atoms with van der Waals surface area (Å²) >= 11 is 0. The molecule has 2 nitrogen and oxygen atoms in total.